The third-order valence-corrected chi connectivity index (χ3v) is 5.28. The lowest BCUT2D eigenvalue weighted by Gasteiger charge is -2.30. The van der Waals surface area contributed by atoms with Crippen LogP contribution >= 0.6 is 15.9 Å². The number of hydrogen-bond acceptors (Lipinski definition) is 4. The summed E-state index contributed by atoms with van der Waals surface area (Å²) in [7, 11) is 3.12. The Morgan fingerprint density at radius 1 is 1.26 bits per heavy atom. The normalized spacial score (nSPS) is 16.7. The first-order valence-electron chi connectivity index (χ1n) is 8.03. The summed E-state index contributed by atoms with van der Waals surface area (Å²) in [6, 6.07) is 3.43. The topological polar surface area (TPSA) is 73.6 Å². The Balaban J connectivity index is 2.15. The van der Waals surface area contributed by atoms with Crippen molar-refractivity contribution in [2.45, 2.75) is 38.1 Å². The zero-order chi connectivity index (χ0) is 16.8. The molecule has 1 aliphatic carbocycles. The van der Waals surface area contributed by atoms with Crippen molar-refractivity contribution in [1.82, 2.24) is 5.32 Å². The van der Waals surface area contributed by atoms with Crippen LogP contribution in [-0.4, -0.2) is 32.7 Å². The Bertz CT molecular complexity index is 520. The summed E-state index contributed by atoms with van der Waals surface area (Å²) in [5.74, 6) is 1.46. The molecule has 0 aromatic heterocycles. The van der Waals surface area contributed by atoms with Gasteiger partial charge in [0.2, 0.25) is 0 Å². The molecule has 1 fully saturated rings. The van der Waals surface area contributed by atoms with E-state index >= 15 is 0 Å². The summed E-state index contributed by atoms with van der Waals surface area (Å²) in [5, 5.41) is 3.08. The van der Waals surface area contributed by atoms with Gasteiger partial charge in [-0.1, -0.05) is 19.3 Å². The zero-order valence-corrected chi connectivity index (χ0v) is 15.3. The lowest BCUT2D eigenvalue weighted by molar-refractivity contribution is 0.0915. The molecule has 0 radical (unpaired) electrons. The number of ether oxygens (including phenoxy) is 2. The first kappa shape index (κ1) is 18.1. The number of rotatable bonds is 6. The maximum Gasteiger partial charge on any atom is 0.251 e. The molecule has 0 heterocycles. The van der Waals surface area contributed by atoms with Gasteiger partial charge in [-0.05, 0) is 46.8 Å². The fraction of sp³-hybridized carbons (Fsp3) is 0.588. The molecule has 1 aliphatic rings. The zero-order valence-electron chi connectivity index (χ0n) is 13.7. The second kappa shape index (κ2) is 8.55. The molecule has 128 valence electrons. The highest BCUT2D eigenvalue weighted by molar-refractivity contribution is 9.10. The fourth-order valence-corrected chi connectivity index (χ4v) is 3.71. The Morgan fingerprint density at radius 2 is 1.83 bits per heavy atom. The van der Waals surface area contributed by atoms with Crippen LogP contribution in [-0.2, 0) is 0 Å². The maximum atomic E-state index is 12.6. The van der Waals surface area contributed by atoms with Crippen molar-refractivity contribution in [3.8, 4) is 11.5 Å². The fourth-order valence-electron chi connectivity index (χ4n) is 3.16. The van der Waals surface area contributed by atoms with Gasteiger partial charge < -0.3 is 20.5 Å². The number of nitrogens with two attached hydrogens (primary N) is 1. The van der Waals surface area contributed by atoms with E-state index in [-0.39, 0.29) is 11.9 Å². The van der Waals surface area contributed by atoms with Gasteiger partial charge in [0.05, 0.1) is 14.2 Å². The van der Waals surface area contributed by atoms with Crippen LogP contribution < -0.4 is 20.5 Å². The second-order valence-corrected chi connectivity index (χ2v) is 6.70. The van der Waals surface area contributed by atoms with Crippen LogP contribution in [0.15, 0.2) is 16.6 Å². The minimum absolute atomic E-state index is 0.0171. The Labute approximate surface area is 146 Å². The van der Waals surface area contributed by atoms with Gasteiger partial charge in [0.1, 0.15) is 16.0 Å². The van der Waals surface area contributed by atoms with E-state index in [0.29, 0.717) is 34.0 Å². The number of amides is 1. The SMILES string of the molecule is COc1cc(C(=O)NC(CN)C2CCCCC2)cc(OC)c1Br. The average Bonchev–Trinajstić information content (AvgIpc) is 2.60. The molecule has 23 heavy (non-hydrogen) atoms. The van der Waals surface area contributed by atoms with E-state index in [1.165, 1.54) is 19.3 Å². The van der Waals surface area contributed by atoms with Gasteiger partial charge in [-0.2, -0.15) is 0 Å². The average molecular weight is 385 g/mol. The Hall–Kier alpha value is -1.27. The molecule has 1 aromatic rings. The monoisotopic (exact) mass is 384 g/mol. The van der Waals surface area contributed by atoms with Crippen molar-refractivity contribution in [2.75, 3.05) is 20.8 Å². The van der Waals surface area contributed by atoms with E-state index < -0.39 is 0 Å². The first-order chi connectivity index (χ1) is 11.1. The molecule has 1 amide bonds. The highest BCUT2D eigenvalue weighted by Gasteiger charge is 2.25. The minimum atomic E-state index is -0.143. The summed E-state index contributed by atoms with van der Waals surface area (Å²) in [6.45, 7) is 0.460. The summed E-state index contributed by atoms with van der Waals surface area (Å²) in [4.78, 5) is 12.6. The van der Waals surface area contributed by atoms with Crippen LogP contribution in [0.3, 0.4) is 0 Å². The Morgan fingerprint density at radius 3 is 2.30 bits per heavy atom. The van der Waals surface area contributed by atoms with Crippen LogP contribution in [0.2, 0.25) is 0 Å². The molecule has 1 unspecified atom stereocenters. The van der Waals surface area contributed by atoms with Crippen molar-refractivity contribution in [1.29, 1.82) is 0 Å². The standard InChI is InChI=1S/C17H25BrN2O3/c1-22-14-8-12(9-15(23-2)16(14)18)17(21)20-13(10-19)11-6-4-3-5-7-11/h8-9,11,13H,3-7,10,19H2,1-2H3,(H,20,21). The smallest absolute Gasteiger partial charge is 0.251 e. The molecule has 1 atom stereocenters. The number of halogens is 1. The molecular weight excluding hydrogens is 360 g/mol. The molecule has 2 rings (SSSR count). The van der Waals surface area contributed by atoms with Gasteiger partial charge in [0.25, 0.3) is 5.91 Å². The molecule has 0 aliphatic heterocycles. The molecule has 6 heteroatoms. The maximum absolute atomic E-state index is 12.6. The van der Waals surface area contributed by atoms with E-state index in [2.05, 4.69) is 21.2 Å². The quantitative estimate of drug-likeness (QED) is 0.789. The third-order valence-electron chi connectivity index (χ3n) is 4.50. The number of methoxy groups -OCH3 is 2. The molecular formula is C17H25BrN2O3. The van der Waals surface area contributed by atoms with Crippen molar-refractivity contribution < 1.29 is 14.3 Å². The highest BCUT2D eigenvalue weighted by Crippen LogP contribution is 2.35. The molecule has 1 saturated carbocycles. The Kier molecular flexibility index (Phi) is 6.72. The highest BCUT2D eigenvalue weighted by atomic mass is 79.9. The predicted molar refractivity (Wildman–Crippen MR) is 94.1 cm³/mol. The van der Waals surface area contributed by atoms with Gasteiger partial charge in [-0.25, -0.2) is 0 Å². The number of carbonyl (C=O) groups is 1. The number of carbonyl (C=O) groups excluding carboxylic acids is 1. The molecule has 5 nitrogen and oxygen atoms in total. The first-order valence-corrected chi connectivity index (χ1v) is 8.82. The van der Waals surface area contributed by atoms with E-state index in [0.717, 1.165) is 12.8 Å². The third kappa shape index (κ3) is 4.38. The van der Waals surface area contributed by atoms with Crippen molar-refractivity contribution in [3.05, 3.63) is 22.2 Å². The van der Waals surface area contributed by atoms with Crippen LogP contribution in [0.1, 0.15) is 42.5 Å². The molecule has 0 saturated heterocycles. The number of benzene rings is 1. The lowest BCUT2D eigenvalue weighted by atomic mass is 9.84. The second-order valence-electron chi connectivity index (χ2n) is 5.91. The number of nitrogens with one attached hydrogen (secondary N) is 1. The largest absolute Gasteiger partial charge is 0.495 e. The van der Waals surface area contributed by atoms with Gasteiger partial charge in [-0.3, -0.25) is 4.79 Å². The van der Waals surface area contributed by atoms with Gasteiger partial charge in [-0.15, -0.1) is 0 Å². The summed E-state index contributed by atoms with van der Waals surface area (Å²) < 4.78 is 11.3. The van der Waals surface area contributed by atoms with E-state index in [4.69, 9.17) is 15.2 Å². The van der Waals surface area contributed by atoms with Gasteiger partial charge in [0.15, 0.2) is 0 Å². The van der Waals surface area contributed by atoms with E-state index in [9.17, 15) is 4.79 Å². The predicted octanol–water partition coefficient (Wildman–Crippen LogP) is 3.10. The van der Waals surface area contributed by atoms with Crippen LogP contribution in [0, 0.1) is 5.92 Å². The molecule has 0 spiro atoms. The van der Waals surface area contributed by atoms with E-state index in [1.807, 2.05) is 0 Å². The van der Waals surface area contributed by atoms with E-state index in [1.54, 1.807) is 26.4 Å². The van der Waals surface area contributed by atoms with Crippen molar-refractivity contribution in [2.24, 2.45) is 11.7 Å². The molecule has 3 N–H and O–H groups in total. The van der Waals surface area contributed by atoms with Crippen LogP contribution in [0.25, 0.3) is 0 Å². The van der Waals surface area contributed by atoms with Crippen molar-refractivity contribution >= 4 is 21.8 Å². The number of hydrogen-bond donors (Lipinski definition) is 2. The lowest BCUT2D eigenvalue weighted by Crippen LogP contribution is -2.45. The molecule has 1 aromatic carbocycles. The van der Waals surface area contributed by atoms with Crippen molar-refractivity contribution in [3.63, 3.8) is 0 Å². The van der Waals surface area contributed by atoms with Crippen LogP contribution in [0.5, 0.6) is 11.5 Å². The summed E-state index contributed by atoms with van der Waals surface area (Å²) in [6.07, 6.45) is 5.99. The van der Waals surface area contributed by atoms with Gasteiger partial charge >= 0.3 is 0 Å². The minimum Gasteiger partial charge on any atom is -0.495 e. The summed E-state index contributed by atoms with van der Waals surface area (Å²) in [5.41, 5.74) is 6.40. The molecule has 0 bridgehead atoms. The summed E-state index contributed by atoms with van der Waals surface area (Å²) >= 11 is 3.41. The van der Waals surface area contributed by atoms with Crippen LogP contribution in [0.4, 0.5) is 0 Å². The van der Waals surface area contributed by atoms with Gasteiger partial charge in [0, 0.05) is 18.2 Å².